The Balaban J connectivity index is 2.21. The summed E-state index contributed by atoms with van der Waals surface area (Å²) in [6, 6.07) is 7.24. The van der Waals surface area contributed by atoms with Crippen LogP contribution in [-0.4, -0.2) is 26.7 Å². The molecule has 6 heteroatoms. The number of rotatable bonds is 3. The van der Waals surface area contributed by atoms with E-state index < -0.39 is 11.7 Å². The van der Waals surface area contributed by atoms with Crippen LogP contribution in [0.5, 0.6) is 5.75 Å². The standard InChI is InChI=1S/C13H12N2O4/c1-15-6-2-3-10(15)12(17)14-8-4-5-9(13(18)19)11(16)7-8/h2-7,16H,1H3,(H,14,17)(H,18,19). The fourth-order valence-electron chi connectivity index (χ4n) is 1.68. The van der Waals surface area contributed by atoms with Crippen molar-refractivity contribution in [3.8, 4) is 5.75 Å². The van der Waals surface area contributed by atoms with Crippen LogP contribution in [0.15, 0.2) is 36.5 Å². The Hall–Kier alpha value is -2.76. The number of carboxylic acid groups (broad SMARTS) is 1. The summed E-state index contributed by atoms with van der Waals surface area (Å²) in [5, 5.41) is 20.9. The first-order valence-corrected chi connectivity index (χ1v) is 5.48. The first-order valence-electron chi connectivity index (χ1n) is 5.48. The summed E-state index contributed by atoms with van der Waals surface area (Å²) in [7, 11) is 1.74. The molecule has 0 aliphatic rings. The van der Waals surface area contributed by atoms with Crippen LogP contribution in [0.3, 0.4) is 0 Å². The Morgan fingerprint density at radius 1 is 1.26 bits per heavy atom. The number of carboxylic acids is 1. The predicted octanol–water partition coefficient (Wildman–Crippen LogP) is 1.68. The average Bonchev–Trinajstić information content (AvgIpc) is 2.75. The summed E-state index contributed by atoms with van der Waals surface area (Å²) < 4.78 is 1.65. The highest BCUT2D eigenvalue weighted by atomic mass is 16.4. The maximum Gasteiger partial charge on any atom is 0.339 e. The van der Waals surface area contributed by atoms with E-state index in [1.54, 1.807) is 29.9 Å². The van der Waals surface area contributed by atoms with Crippen molar-refractivity contribution < 1.29 is 19.8 Å². The second-order valence-electron chi connectivity index (χ2n) is 4.00. The molecule has 0 unspecified atom stereocenters. The number of aryl methyl sites for hydroxylation is 1. The van der Waals surface area contributed by atoms with Crippen molar-refractivity contribution in [1.29, 1.82) is 0 Å². The highest BCUT2D eigenvalue weighted by Gasteiger charge is 2.12. The third kappa shape index (κ3) is 2.57. The molecule has 0 fully saturated rings. The minimum atomic E-state index is -1.22. The van der Waals surface area contributed by atoms with Crippen molar-refractivity contribution in [3.05, 3.63) is 47.8 Å². The van der Waals surface area contributed by atoms with Gasteiger partial charge in [0.1, 0.15) is 17.0 Å². The quantitative estimate of drug-likeness (QED) is 0.783. The number of nitrogens with one attached hydrogen (secondary N) is 1. The summed E-state index contributed by atoms with van der Waals surface area (Å²) in [5.41, 5.74) is 0.576. The topological polar surface area (TPSA) is 91.6 Å². The van der Waals surface area contributed by atoms with Gasteiger partial charge in [0, 0.05) is 25.0 Å². The van der Waals surface area contributed by atoms with Crippen LogP contribution in [0.4, 0.5) is 5.69 Å². The first-order chi connectivity index (χ1) is 8.99. The van der Waals surface area contributed by atoms with E-state index in [2.05, 4.69) is 5.32 Å². The molecular formula is C13H12N2O4. The number of phenols is 1. The van der Waals surface area contributed by atoms with E-state index in [4.69, 9.17) is 5.11 Å². The Labute approximate surface area is 108 Å². The zero-order valence-electron chi connectivity index (χ0n) is 10.1. The van der Waals surface area contributed by atoms with E-state index in [1.807, 2.05) is 0 Å². The third-order valence-electron chi connectivity index (χ3n) is 2.66. The van der Waals surface area contributed by atoms with Crippen LogP contribution in [0.1, 0.15) is 20.8 Å². The Bertz CT molecular complexity index is 646. The molecule has 0 aliphatic carbocycles. The average molecular weight is 260 g/mol. The number of hydrogen-bond donors (Lipinski definition) is 3. The van der Waals surface area contributed by atoms with E-state index >= 15 is 0 Å². The van der Waals surface area contributed by atoms with Gasteiger partial charge in [-0.15, -0.1) is 0 Å². The number of carbonyl (C=O) groups is 2. The number of hydrogen-bond acceptors (Lipinski definition) is 3. The van der Waals surface area contributed by atoms with Gasteiger partial charge in [-0.2, -0.15) is 0 Å². The van der Waals surface area contributed by atoms with Crippen molar-refractivity contribution in [2.24, 2.45) is 7.05 Å². The Morgan fingerprint density at radius 2 is 2.00 bits per heavy atom. The Kier molecular flexibility index (Phi) is 3.24. The molecule has 0 atom stereocenters. The molecule has 0 aliphatic heterocycles. The lowest BCUT2D eigenvalue weighted by Crippen LogP contribution is -2.15. The van der Waals surface area contributed by atoms with Crippen LogP contribution in [0.2, 0.25) is 0 Å². The second-order valence-corrected chi connectivity index (χ2v) is 4.00. The molecule has 3 N–H and O–H groups in total. The smallest absolute Gasteiger partial charge is 0.339 e. The summed E-state index contributed by atoms with van der Waals surface area (Å²) in [6.45, 7) is 0. The molecule has 0 spiro atoms. The predicted molar refractivity (Wildman–Crippen MR) is 68.4 cm³/mol. The number of amides is 1. The molecule has 0 saturated heterocycles. The molecular weight excluding hydrogens is 248 g/mol. The van der Waals surface area contributed by atoms with Gasteiger partial charge in [0.2, 0.25) is 0 Å². The summed E-state index contributed by atoms with van der Waals surface area (Å²) in [4.78, 5) is 22.6. The number of nitrogens with zero attached hydrogens (tertiary/aromatic N) is 1. The van der Waals surface area contributed by atoms with Gasteiger partial charge in [-0.1, -0.05) is 0 Å². The van der Waals surface area contributed by atoms with Crippen LogP contribution < -0.4 is 5.32 Å². The maximum absolute atomic E-state index is 11.9. The van der Waals surface area contributed by atoms with E-state index in [1.165, 1.54) is 18.2 Å². The lowest BCUT2D eigenvalue weighted by Gasteiger charge is -2.07. The van der Waals surface area contributed by atoms with Gasteiger partial charge in [-0.25, -0.2) is 4.79 Å². The lowest BCUT2D eigenvalue weighted by molar-refractivity contribution is 0.0693. The lowest BCUT2D eigenvalue weighted by atomic mass is 10.2. The second kappa shape index (κ2) is 4.85. The normalized spacial score (nSPS) is 10.2. The van der Waals surface area contributed by atoms with E-state index in [0.717, 1.165) is 0 Å². The summed E-state index contributed by atoms with van der Waals surface area (Å²) in [5.74, 6) is -1.95. The van der Waals surface area contributed by atoms with Gasteiger partial charge >= 0.3 is 5.97 Å². The molecule has 1 heterocycles. The molecule has 1 aromatic heterocycles. The monoisotopic (exact) mass is 260 g/mol. The largest absolute Gasteiger partial charge is 0.507 e. The summed E-state index contributed by atoms with van der Waals surface area (Å²) >= 11 is 0. The van der Waals surface area contributed by atoms with Gasteiger partial charge in [0.05, 0.1) is 0 Å². The zero-order chi connectivity index (χ0) is 14.0. The molecule has 0 radical (unpaired) electrons. The van der Waals surface area contributed by atoms with Crippen molar-refractivity contribution in [2.45, 2.75) is 0 Å². The zero-order valence-corrected chi connectivity index (χ0v) is 10.1. The third-order valence-corrected chi connectivity index (χ3v) is 2.66. The molecule has 1 amide bonds. The molecule has 2 aromatic rings. The maximum atomic E-state index is 11.9. The summed E-state index contributed by atoms with van der Waals surface area (Å²) in [6.07, 6.45) is 1.74. The molecule has 6 nitrogen and oxygen atoms in total. The fraction of sp³-hybridized carbons (Fsp3) is 0.0769. The highest BCUT2D eigenvalue weighted by molar-refractivity contribution is 6.03. The highest BCUT2D eigenvalue weighted by Crippen LogP contribution is 2.22. The van der Waals surface area contributed by atoms with Gasteiger partial charge in [0.15, 0.2) is 0 Å². The molecule has 0 bridgehead atoms. The van der Waals surface area contributed by atoms with Crippen LogP contribution in [0.25, 0.3) is 0 Å². The number of aromatic carboxylic acids is 1. The van der Waals surface area contributed by atoms with Crippen molar-refractivity contribution in [1.82, 2.24) is 4.57 Å². The van der Waals surface area contributed by atoms with Gasteiger partial charge in [0.25, 0.3) is 5.91 Å². The molecule has 19 heavy (non-hydrogen) atoms. The van der Waals surface area contributed by atoms with Crippen molar-refractivity contribution >= 4 is 17.6 Å². The minimum Gasteiger partial charge on any atom is -0.507 e. The SMILES string of the molecule is Cn1cccc1C(=O)Nc1ccc(C(=O)O)c(O)c1. The number of aromatic nitrogens is 1. The Morgan fingerprint density at radius 3 is 2.53 bits per heavy atom. The van der Waals surface area contributed by atoms with Crippen LogP contribution >= 0.6 is 0 Å². The van der Waals surface area contributed by atoms with Crippen molar-refractivity contribution in [3.63, 3.8) is 0 Å². The number of aromatic hydroxyl groups is 1. The van der Waals surface area contributed by atoms with Crippen LogP contribution in [0, 0.1) is 0 Å². The molecule has 1 aromatic carbocycles. The van der Waals surface area contributed by atoms with Gasteiger partial charge in [-0.05, 0) is 24.3 Å². The number of carbonyl (C=O) groups excluding carboxylic acids is 1. The number of benzene rings is 1. The minimum absolute atomic E-state index is 0.211. The van der Waals surface area contributed by atoms with Gasteiger partial charge in [-0.3, -0.25) is 4.79 Å². The van der Waals surface area contributed by atoms with Crippen LogP contribution in [-0.2, 0) is 7.05 Å². The molecule has 2 rings (SSSR count). The fourth-order valence-corrected chi connectivity index (χ4v) is 1.68. The van der Waals surface area contributed by atoms with E-state index in [0.29, 0.717) is 11.4 Å². The van der Waals surface area contributed by atoms with Crippen molar-refractivity contribution in [2.75, 3.05) is 5.32 Å². The van der Waals surface area contributed by atoms with E-state index in [-0.39, 0.29) is 11.5 Å². The molecule has 98 valence electrons. The molecule has 0 saturated carbocycles. The number of anilines is 1. The van der Waals surface area contributed by atoms with Gasteiger partial charge < -0.3 is 20.1 Å². The first kappa shape index (κ1) is 12.7. The van der Waals surface area contributed by atoms with E-state index in [9.17, 15) is 14.7 Å².